The molecule has 0 aliphatic carbocycles. The van der Waals surface area contributed by atoms with Crippen LogP contribution in [-0.2, 0) is 4.74 Å². The number of nitrogens with one attached hydrogen (secondary N) is 1. The van der Waals surface area contributed by atoms with Gasteiger partial charge in [0, 0.05) is 5.69 Å². The quantitative estimate of drug-likeness (QED) is 0.669. The van der Waals surface area contributed by atoms with Crippen molar-refractivity contribution < 1.29 is 9.53 Å². The third kappa shape index (κ3) is 3.83. The highest BCUT2D eigenvalue weighted by Crippen LogP contribution is 2.18. The highest BCUT2D eigenvalue weighted by Gasteiger charge is 2.11. The highest BCUT2D eigenvalue weighted by atomic mass is 16.5. The average molecular weight is 280 g/mol. The number of rotatable bonds is 4. The van der Waals surface area contributed by atoms with Crippen LogP contribution in [0.3, 0.4) is 0 Å². The number of anilines is 1. The number of ether oxygens (including phenoxy) is 1. The van der Waals surface area contributed by atoms with Gasteiger partial charge in [-0.05, 0) is 37.6 Å². The topological polar surface area (TPSA) is 110 Å². The Morgan fingerprint density at radius 3 is 2.38 bits per heavy atom. The molecule has 0 unspecified atom stereocenters. The summed E-state index contributed by atoms with van der Waals surface area (Å²) < 4.78 is 4.92. The van der Waals surface area contributed by atoms with Crippen LogP contribution in [0.1, 0.15) is 22.8 Å². The molecule has 0 heterocycles. The van der Waals surface area contributed by atoms with Crippen molar-refractivity contribution in [2.45, 2.75) is 13.8 Å². The Labute approximate surface area is 122 Å². The van der Waals surface area contributed by atoms with Crippen LogP contribution in [0.25, 0.3) is 0 Å². The fraction of sp³-hybridized carbons (Fsp3) is 0.200. The first-order valence-electron chi connectivity index (χ1n) is 6.06. The lowest BCUT2D eigenvalue weighted by Crippen LogP contribution is -2.07. The van der Waals surface area contributed by atoms with Gasteiger partial charge in [0.1, 0.15) is 23.9 Å². The lowest BCUT2D eigenvalue weighted by molar-refractivity contribution is 0.0525. The summed E-state index contributed by atoms with van der Waals surface area (Å²) >= 11 is 0. The summed E-state index contributed by atoms with van der Waals surface area (Å²) in [5, 5.41) is 29.2. The summed E-state index contributed by atoms with van der Waals surface area (Å²) in [6.07, 6.45) is 0. The number of nitriles is 3. The van der Waals surface area contributed by atoms with Gasteiger partial charge in [0.25, 0.3) is 0 Å². The molecule has 0 amide bonds. The Bertz CT molecular complexity index is 699. The number of nitrogens with zero attached hydrogens (tertiary/aromatic N) is 3. The molecule has 1 N–H and O–H groups in total. The number of carbonyl (C=O) groups is 1. The van der Waals surface area contributed by atoms with E-state index in [0.717, 1.165) is 0 Å². The molecule has 0 atom stereocenters. The van der Waals surface area contributed by atoms with E-state index in [1.807, 2.05) is 0 Å². The van der Waals surface area contributed by atoms with E-state index < -0.39 is 5.97 Å². The summed E-state index contributed by atoms with van der Waals surface area (Å²) in [6.45, 7) is 3.73. The van der Waals surface area contributed by atoms with Gasteiger partial charge in [-0.1, -0.05) is 0 Å². The van der Waals surface area contributed by atoms with E-state index >= 15 is 0 Å². The minimum Gasteiger partial charge on any atom is -0.462 e. The van der Waals surface area contributed by atoms with Crippen LogP contribution in [0.5, 0.6) is 0 Å². The normalized spacial score (nSPS) is 8.71. The van der Waals surface area contributed by atoms with Crippen LogP contribution in [0.15, 0.2) is 29.5 Å². The van der Waals surface area contributed by atoms with Crippen molar-refractivity contribution >= 4 is 11.7 Å². The predicted octanol–water partition coefficient (Wildman–Crippen LogP) is 2.41. The van der Waals surface area contributed by atoms with E-state index in [0.29, 0.717) is 16.8 Å². The van der Waals surface area contributed by atoms with E-state index in [1.54, 1.807) is 50.3 Å². The maximum Gasteiger partial charge on any atom is 0.338 e. The van der Waals surface area contributed by atoms with Gasteiger partial charge in [-0.15, -0.1) is 0 Å². The van der Waals surface area contributed by atoms with Gasteiger partial charge in [-0.2, -0.15) is 15.8 Å². The van der Waals surface area contributed by atoms with Gasteiger partial charge >= 0.3 is 5.97 Å². The van der Waals surface area contributed by atoms with Crippen molar-refractivity contribution in [2.24, 2.45) is 0 Å². The molecule has 21 heavy (non-hydrogen) atoms. The van der Waals surface area contributed by atoms with Crippen molar-refractivity contribution in [1.29, 1.82) is 15.8 Å². The molecule has 0 fully saturated rings. The zero-order valence-electron chi connectivity index (χ0n) is 11.6. The molecule has 0 saturated heterocycles. The maximum absolute atomic E-state index is 11.7. The van der Waals surface area contributed by atoms with Crippen molar-refractivity contribution in [1.82, 2.24) is 0 Å². The molecule has 104 valence electrons. The number of aryl methyl sites for hydroxylation is 1. The largest absolute Gasteiger partial charge is 0.462 e. The number of hydrogen-bond donors (Lipinski definition) is 1. The summed E-state index contributed by atoms with van der Waals surface area (Å²) in [5.74, 6) is -0.424. The van der Waals surface area contributed by atoms with Gasteiger partial charge in [-0.3, -0.25) is 0 Å². The second-order valence-corrected chi connectivity index (χ2v) is 3.96. The molecule has 1 aromatic rings. The smallest absolute Gasteiger partial charge is 0.338 e. The average Bonchev–Trinajstić information content (AvgIpc) is 2.47. The molecule has 1 aromatic carbocycles. The second kappa shape index (κ2) is 7.33. The minimum absolute atomic E-state index is 0.136. The molecule has 6 heteroatoms. The standard InChI is InChI=1S/C15H12N4O2/c1-3-21-15(20)13-5-4-12(6-10(13)2)19-14(9-18)11(7-16)8-17/h4-6,19H,3H2,1-2H3. The molecule has 0 aliphatic heterocycles. The molecule has 1 rings (SSSR count). The SMILES string of the molecule is CCOC(=O)c1ccc(NC(C#N)=C(C#N)C#N)cc1C. The number of allylic oxidation sites excluding steroid dienone is 2. The van der Waals surface area contributed by atoms with Gasteiger partial charge in [0.15, 0.2) is 5.57 Å². The van der Waals surface area contributed by atoms with Crippen LogP contribution in [-0.4, -0.2) is 12.6 Å². The summed E-state index contributed by atoms with van der Waals surface area (Å²) in [6, 6.07) is 9.81. The number of esters is 1. The third-order valence-corrected chi connectivity index (χ3v) is 2.58. The van der Waals surface area contributed by atoms with Crippen molar-refractivity contribution in [3.05, 3.63) is 40.6 Å². The number of benzene rings is 1. The summed E-state index contributed by atoms with van der Waals surface area (Å²) in [7, 11) is 0. The summed E-state index contributed by atoms with van der Waals surface area (Å²) in [4.78, 5) is 11.7. The molecular weight excluding hydrogens is 268 g/mol. The molecular formula is C15H12N4O2. The van der Waals surface area contributed by atoms with Crippen LogP contribution >= 0.6 is 0 Å². The zero-order chi connectivity index (χ0) is 15.8. The Balaban J connectivity index is 3.10. The van der Waals surface area contributed by atoms with Gasteiger partial charge in [0.05, 0.1) is 12.2 Å². The molecule has 0 radical (unpaired) electrons. The molecule has 0 aliphatic rings. The van der Waals surface area contributed by atoms with E-state index in [2.05, 4.69) is 5.32 Å². The molecule has 0 aromatic heterocycles. The molecule has 0 saturated carbocycles. The van der Waals surface area contributed by atoms with Gasteiger partial charge in [0.2, 0.25) is 0 Å². The van der Waals surface area contributed by atoms with E-state index in [1.165, 1.54) is 0 Å². The van der Waals surface area contributed by atoms with Gasteiger partial charge < -0.3 is 10.1 Å². The first kappa shape index (κ1) is 15.8. The Morgan fingerprint density at radius 2 is 1.90 bits per heavy atom. The molecule has 6 nitrogen and oxygen atoms in total. The molecule has 0 spiro atoms. The number of hydrogen-bond acceptors (Lipinski definition) is 6. The maximum atomic E-state index is 11.7. The Kier molecular flexibility index (Phi) is 5.50. The third-order valence-electron chi connectivity index (χ3n) is 2.58. The molecule has 0 bridgehead atoms. The van der Waals surface area contributed by atoms with Crippen molar-refractivity contribution in [3.8, 4) is 18.2 Å². The fourth-order valence-corrected chi connectivity index (χ4v) is 1.61. The van der Waals surface area contributed by atoms with Crippen LogP contribution < -0.4 is 5.32 Å². The van der Waals surface area contributed by atoms with E-state index in [9.17, 15) is 4.79 Å². The highest BCUT2D eigenvalue weighted by molar-refractivity contribution is 5.91. The van der Waals surface area contributed by atoms with E-state index in [4.69, 9.17) is 20.5 Å². The summed E-state index contributed by atoms with van der Waals surface area (Å²) in [5.41, 5.74) is 1.14. The zero-order valence-corrected chi connectivity index (χ0v) is 11.6. The number of carbonyl (C=O) groups excluding carboxylic acids is 1. The fourth-order valence-electron chi connectivity index (χ4n) is 1.61. The Morgan fingerprint density at radius 1 is 1.24 bits per heavy atom. The van der Waals surface area contributed by atoms with E-state index in [-0.39, 0.29) is 17.9 Å². The van der Waals surface area contributed by atoms with Crippen LogP contribution in [0.4, 0.5) is 5.69 Å². The first-order valence-corrected chi connectivity index (χ1v) is 6.06. The predicted molar refractivity (Wildman–Crippen MR) is 74.6 cm³/mol. The first-order chi connectivity index (χ1) is 10.1. The Hall–Kier alpha value is -3.30. The lowest BCUT2D eigenvalue weighted by Gasteiger charge is -2.09. The second-order valence-electron chi connectivity index (χ2n) is 3.96. The van der Waals surface area contributed by atoms with Crippen LogP contribution in [0, 0.1) is 40.9 Å². The lowest BCUT2D eigenvalue weighted by atomic mass is 10.1. The van der Waals surface area contributed by atoms with Crippen molar-refractivity contribution in [3.63, 3.8) is 0 Å². The van der Waals surface area contributed by atoms with Crippen LogP contribution in [0.2, 0.25) is 0 Å². The minimum atomic E-state index is -0.424. The monoisotopic (exact) mass is 280 g/mol. The van der Waals surface area contributed by atoms with Crippen molar-refractivity contribution in [2.75, 3.05) is 11.9 Å². The van der Waals surface area contributed by atoms with Gasteiger partial charge in [-0.25, -0.2) is 4.79 Å².